The van der Waals surface area contributed by atoms with Crippen molar-refractivity contribution in [3.63, 3.8) is 0 Å². The van der Waals surface area contributed by atoms with Crippen molar-refractivity contribution < 1.29 is 13.2 Å². The second-order valence-electron chi connectivity index (χ2n) is 8.83. The summed E-state index contributed by atoms with van der Waals surface area (Å²) >= 11 is 0. The van der Waals surface area contributed by atoms with E-state index >= 15 is 0 Å². The van der Waals surface area contributed by atoms with Gasteiger partial charge in [-0.2, -0.15) is 0 Å². The minimum atomic E-state index is -3.42. The Bertz CT molecular complexity index is 1420. The number of benzene rings is 3. The number of amides is 1. The van der Waals surface area contributed by atoms with E-state index < -0.39 is 9.84 Å². The van der Waals surface area contributed by atoms with Crippen LogP contribution in [0.5, 0.6) is 0 Å². The Morgan fingerprint density at radius 3 is 2.26 bits per heavy atom. The van der Waals surface area contributed by atoms with Gasteiger partial charge in [-0.25, -0.2) is 8.42 Å². The molecule has 1 amide bonds. The van der Waals surface area contributed by atoms with Gasteiger partial charge in [-0.05, 0) is 41.5 Å². The summed E-state index contributed by atoms with van der Waals surface area (Å²) in [5, 5.41) is 1.14. The molecule has 0 bridgehead atoms. The number of pyridine rings is 1. The fraction of sp³-hybridized carbons (Fsp3) is 0.214. The second-order valence-corrected chi connectivity index (χ2v) is 10.8. The first-order valence-corrected chi connectivity index (χ1v) is 13.4. The van der Waals surface area contributed by atoms with Crippen LogP contribution in [0.4, 0.5) is 0 Å². The lowest BCUT2D eigenvalue weighted by Crippen LogP contribution is -2.48. The van der Waals surface area contributed by atoms with Crippen LogP contribution in [0.2, 0.25) is 0 Å². The highest BCUT2D eigenvalue weighted by Gasteiger charge is 2.23. The molecule has 35 heavy (non-hydrogen) atoms. The second kappa shape index (κ2) is 9.98. The third kappa shape index (κ3) is 5.26. The maximum absolute atomic E-state index is 13.0. The highest BCUT2D eigenvalue weighted by atomic mass is 32.2. The average molecular weight is 486 g/mol. The van der Waals surface area contributed by atoms with Crippen LogP contribution in [0.15, 0.2) is 96.0 Å². The summed E-state index contributed by atoms with van der Waals surface area (Å²) in [4.78, 5) is 22.1. The van der Waals surface area contributed by atoms with Gasteiger partial charge in [0.15, 0.2) is 9.84 Å². The summed E-state index contributed by atoms with van der Waals surface area (Å²) < 4.78 is 25.2. The Kier molecular flexibility index (Phi) is 6.61. The largest absolute Gasteiger partial charge is 0.336 e. The van der Waals surface area contributed by atoms with Crippen LogP contribution >= 0.6 is 0 Å². The van der Waals surface area contributed by atoms with E-state index in [-0.39, 0.29) is 11.7 Å². The van der Waals surface area contributed by atoms with E-state index in [1.807, 2.05) is 17.2 Å². The Morgan fingerprint density at radius 1 is 0.800 bits per heavy atom. The normalized spacial score (nSPS) is 14.8. The first kappa shape index (κ1) is 23.2. The smallest absolute Gasteiger partial charge is 0.253 e. The lowest BCUT2D eigenvalue weighted by atomic mass is 10.1. The van der Waals surface area contributed by atoms with Crippen LogP contribution in [0.1, 0.15) is 21.5 Å². The molecule has 178 valence electrons. The number of nitrogens with zero attached hydrogens (tertiary/aromatic N) is 3. The molecule has 1 aliphatic heterocycles. The predicted octanol–water partition coefficient (Wildman–Crippen LogP) is 4.17. The van der Waals surface area contributed by atoms with E-state index in [9.17, 15) is 13.2 Å². The van der Waals surface area contributed by atoms with Crippen molar-refractivity contribution in [2.24, 2.45) is 0 Å². The Hall–Kier alpha value is -3.55. The van der Waals surface area contributed by atoms with Crippen LogP contribution in [0.25, 0.3) is 10.9 Å². The summed E-state index contributed by atoms with van der Waals surface area (Å²) in [5.74, 6) is -0.110. The van der Waals surface area contributed by atoms with Gasteiger partial charge in [0.2, 0.25) is 0 Å². The molecule has 7 heteroatoms. The average Bonchev–Trinajstić information content (AvgIpc) is 2.90. The molecule has 1 aliphatic rings. The molecule has 1 saturated heterocycles. The van der Waals surface area contributed by atoms with Gasteiger partial charge in [0.05, 0.1) is 16.2 Å². The van der Waals surface area contributed by atoms with Crippen LogP contribution in [-0.4, -0.2) is 55.3 Å². The molecule has 4 aromatic rings. The highest BCUT2D eigenvalue weighted by Crippen LogP contribution is 2.20. The monoisotopic (exact) mass is 485 g/mol. The molecule has 2 heterocycles. The molecule has 1 fully saturated rings. The standard InChI is InChI=1S/C28H27N3O3S/c32-28(24-13-11-22(12-14-24)21-35(33,34)26-9-2-1-3-10-26)31-18-16-30(17-19-31)20-25-7-4-6-23-8-5-15-29-27(23)25/h1-15H,16-21H2. The van der Waals surface area contributed by atoms with Crippen LogP contribution in [0, 0.1) is 0 Å². The first-order valence-electron chi connectivity index (χ1n) is 11.7. The molecular weight excluding hydrogens is 458 g/mol. The summed E-state index contributed by atoms with van der Waals surface area (Å²) in [6.07, 6.45) is 1.82. The molecule has 0 atom stereocenters. The molecule has 0 spiro atoms. The number of aromatic nitrogens is 1. The number of piperazine rings is 1. The van der Waals surface area contributed by atoms with E-state index in [1.165, 1.54) is 5.56 Å². The summed E-state index contributed by atoms with van der Waals surface area (Å²) in [6.45, 7) is 3.70. The number of para-hydroxylation sites is 1. The fourth-order valence-corrected chi connectivity index (χ4v) is 5.87. The van der Waals surface area contributed by atoms with E-state index in [4.69, 9.17) is 0 Å². The molecule has 5 rings (SSSR count). The van der Waals surface area contributed by atoms with Gasteiger partial charge >= 0.3 is 0 Å². The number of fused-ring (bicyclic) bond motifs is 1. The van der Waals surface area contributed by atoms with E-state index in [0.29, 0.717) is 29.1 Å². The molecule has 0 unspecified atom stereocenters. The number of hydrogen-bond acceptors (Lipinski definition) is 5. The Labute approximate surface area is 205 Å². The first-order chi connectivity index (χ1) is 17.0. The van der Waals surface area contributed by atoms with Crippen LogP contribution < -0.4 is 0 Å². The lowest BCUT2D eigenvalue weighted by molar-refractivity contribution is 0.0629. The number of carbonyl (C=O) groups is 1. The van der Waals surface area contributed by atoms with E-state index in [0.717, 1.165) is 30.5 Å². The van der Waals surface area contributed by atoms with Gasteiger partial charge in [0.1, 0.15) is 0 Å². The maximum Gasteiger partial charge on any atom is 0.253 e. The third-order valence-electron chi connectivity index (χ3n) is 6.43. The quantitative estimate of drug-likeness (QED) is 0.410. The summed E-state index contributed by atoms with van der Waals surface area (Å²) in [6, 6.07) is 25.6. The van der Waals surface area contributed by atoms with E-state index in [1.54, 1.807) is 54.6 Å². The van der Waals surface area contributed by atoms with Gasteiger partial charge in [0, 0.05) is 49.9 Å². The van der Waals surface area contributed by atoms with Gasteiger partial charge in [-0.1, -0.05) is 54.6 Å². The summed E-state index contributed by atoms with van der Waals surface area (Å²) in [5.41, 5.74) is 3.48. The van der Waals surface area contributed by atoms with Crippen molar-refractivity contribution in [2.45, 2.75) is 17.2 Å². The molecule has 3 aromatic carbocycles. The molecule has 0 aliphatic carbocycles. The third-order valence-corrected chi connectivity index (χ3v) is 8.13. The Balaban J connectivity index is 1.19. The number of sulfone groups is 1. The zero-order chi connectivity index (χ0) is 24.3. The summed E-state index contributed by atoms with van der Waals surface area (Å²) in [7, 11) is -3.42. The zero-order valence-corrected chi connectivity index (χ0v) is 20.2. The predicted molar refractivity (Wildman–Crippen MR) is 137 cm³/mol. The molecule has 0 saturated carbocycles. The van der Waals surface area contributed by atoms with Crippen molar-refractivity contribution in [2.75, 3.05) is 26.2 Å². The van der Waals surface area contributed by atoms with Crippen molar-refractivity contribution in [1.29, 1.82) is 0 Å². The number of hydrogen-bond donors (Lipinski definition) is 0. The van der Waals surface area contributed by atoms with Crippen LogP contribution in [0.3, 0.4) is 0 Å². The van der Waals surface area contributed by atoms with Crippen LogP contribution in [-0.2, 0) is 22.1 Å². The van der Waals surface area contributed by atoms with Crippen molar-refractivity contribution in [1.82, 2.24) is 14.8 Å². The van der Waals surface area contributed by atoms with E-state index in [2.05, 4.69) is 34.1 Å². The molecular formula is C28H27N3O3S. The van der Waals surface area contributed by atoms with Gasteiger partial charge in [-0.15, -0.1) is 0 Å². The molecule has 1 aromatic heterocycles. The van der Waals surface area contributed by atoms with Crippen molar-refractivity contribution in [3.8, 4) is 0 Å². The number of rotatable bonds is 6. The SMILES string of the molecule is O=C(c1ccc(CS(=O)(=O)c2ccccc2)cc1)N1CCN(Cc2cccc3cccnc23)CC1. The highest BCUT2D eigenvalue weighted by molar-refractivity contribution is 7.90. The van der Waals surface area contributed by atoms with Crippen molar-refractivity contribution in [3.05, 3.63) is 108 Å². The Morgan fingerprint density at radius 2 is 1.51 bits per heavy atom. The number of carbonyl (C=O) groups excluding carboxylic acids is 1. The minimum absolute atomic E-state index is 0.0195. The fourth-order valence-electron chi connectivity index (χ4n) is 4.50. The topological polar surface area (TPSA) is 70.6 Å². The van der Waals surface area contributed by atoms with Gasteiger partial charge in [0.25, 0.3) is 5.91 Å². The molecule has 0 radical (unpaired) electrons. The van der Waals surface area contributed by atoms with Crippen molar-refractivity contribution >= 4 is 26.6 Å². The minimum Gasteiger partial charge on any atom is -0.336 e. The molecule has 6 nitrogen and oxygen atoms in total. The van der Waals surface area contributed by atoms with Gasteiger partial charge < -0.3 is 4.90 Å². The maximum atomic E-state index is 13.0. The van der Waals surface area contributed by atoms with Gasteiger partial charge in [-0.3, -0.25) is 14.7 Å². The lowest BCUT2D eigenvalue weighted by Gasteiger charge is -2.35. The zero-order valence-electron chi connectivity index (χ0n) is 19.4. The molecule has 0 N–H and O–H groups in total.